The third kappa shape index (κ3) is 1.29. The number of aromatic nitrogens is 2. The van der Waals surface area contributed by atoms with Crippen molar-refractivity contribution in [1.82, 2.24) is 9.36 Å². The molecule has 1 aromatic carbocycles. The quantitative estimate of drug-likeness (QED) is 0.789. The Bertz CT molecular complexity index is 551. The minimum Gasteiger partial charge on any atom is -0.326 e. The fraction of sp³-hybridized carbons (Fsp3) is 0.364. The van der Waals surface area contributed by atoms with E-state index in [-0.39, 0.29) is 5.56 Å². The molecular weight excluding hydrogens is 190 g/mol. The van der Waals surface area contributed by atoms with Crippen molar-refractivity contribution >= 4 is 10.9 Å². The van der Waals surface area contributed by atoms with E-state index < -0.39 is 0 Å². The molecular formula is C11H15N3O. The fourth-order valence-corrected chi connectivity index (χ4v) is 2.02. The van der Waals surface area contributed by atoms with E-state index in [0.717, 1.165) is 16.5 Å². The molecule has 0 aliphatic rings. The lowest BCUT2D eigenvalue weighted by atomic mass is 10.1. The summed E-state index contributed by atoms with van der Waals surface area (Å²) in [5, 5.41) is 0.754. The first-order valence-electron chi connectivity index (χ1n) is 5.08. The Morgan fingerprint density at radius 2 is 2.13 bits per heavy atom. The average molecular weight is 205 g/mol. The van der Waals surface area contributed by atoms with Crippen molar-refractivity contribution in [3.8, 4) is 0 Å². The zero-order valence-electron chi connectivity index (χ0n) is 9.03. The molecule has 0 saturated heterocycles. The lowest BCUT2D eigenvalue weighted by Crippen LogP contribution is -2.20. The van der Waals surface area contributed by atoms with Crippen molar-refractivity contribution < 1.29 is 0 Å². The van der Waals surface area contributed by atoms with Gasteiger partial charge in [-0.1, -0.05) is 12.1 Å². The van der Waals surface area contributed by atoms with Gasteiger partial charge in [-0.3, -0.25) is 14.2 Å². The van der Waals surface area contributed by atoms with E-state index in [0.29, 0.717) is 13.1 Å². The Labute approximate surface area is 87.9 Å². The molecule has 1 heterocycles. The lowest BCUT2D eigenvalue weighted by molar-refractivity contribution is 0.532. The van der Waals surface area contributed by atoms with Crippen LogP contribution < -0.4 is 11.3 Å². The maximum atomic E-state index is 12.0. The second-order valence-corrected chi connectivity index (χ2v) is 3.56. The molecule has 0 bridgehead atoms. The first-order valence-corrected chi connectivity index (χ1v) is 5.08. The minimum absolute atomic E-state index is 0.0519. The second-order valence-electron chi connectivity index (χ2n) is 3.56. The van der Waals surface area contributed by atoms with Gasteiger partial charge >= 0.3 is 0 Å². The summed E-state index contributed by atoms with van der Waals surface area (Å²) in [6.45, 7) is 3.04. The summed E-state index contributed by atoms with van der Waals surface area (Å²) in [5.74, 6) is 0. The van der Waals surface area contributed by atoms with Gasteiger partial charge in [0.15, 0.2) is 0 Å². The first-order chi connectivity index (χ1) is 7.20. The lowest BCUT2D eigenvalue weighted by Gasteiger charge is -2.03. The summed E-state index contributed by atoms with van der Waals surface area (Å²) >= 11 is 0. The summed E-state index contributed by atoms with van der Waals surface area (Å²) in [6, 6.07) is 5.79. The molecule has 0 atom stereocenters. The first kappa shape index (κ1) is 9.98. The molecule has 15 heavy (non-hydrogen) atoms. The third-order valence-corrected chi connectivity index (χ3v) is 2.81. The summed E-state index contributed by atoms with van der Waals surface area (Å²) in [5.41, 5.74) is 7.55. The molecule has 0 aliphatic carbocycles. The van der Waals surface area contributed by atoms with Gasteiger partial charge in [0.25, 0.3) is 5.56 Å². The molecule has 1 aromatic heterocycles. The van der Waals surface area contributed by atoms with Crippen molar-refractivity contribution in [2.24, 2.45) is 12.8 Å². The van der Waals surface area contributed by atoms with E-state index in [1.165, 1.54) is 0 Å². The number of hydrogen-bond acceptors (Lipinski definition) is 2. The van der Waals surface area contributed by atoms with E-state index in [1.807, 2.05) is 36.9 Å². The van der Waals surface area contributed by atoms with Crippen LogP contribution in [0.2, 0.25) is 0 Å². The standard InChI is InChI=1S/C11H15N3O/c1-3-14-11(15)10-8(7-12)5-4-6-9(10)13(14)2/h4-6H,3,7,12H2,1-2H3. The molecule has 4 nitrogen and oxygen atoms in total. The van der Waals surface area contributed by atoms with Crippen molar-refractivity contribution in [3.63, 3.8) is 0 Å². The molecule has 4 heteroatoms. The molecule has 0 amide bonds. The Kier molecular flexibility index (Phi) is 2.36. The van der Waals surface area contributed by atoms with Gasteiger partial charge in [0, 0.05) is 20.1 Å². The van der Waals surface area contributed by atoms with Crippen LogP contribution >= 0.6 is 0 Å². The third-order valence-electron chi connectivity index (χ3n) is 2.81. The highest BCUT2D eigenvalue weighted by Crippen LogP contribution is 2.14. The van der Waals surface area contributed by atoms with Gasteiger partial charge in [-0.25, -0.2) is 0 Å². The summed E-state index contributed by atoms with van der Waals surface area (Å²) in [7, 11) is 1.90. The van der Waals surface area contributed by atoms with Crippen molar-refractivity contribution in [2.45, 2.75) is 20.0 Å². The molecule has 0 fully saturated rings. The molecule has 2 rings (SSSR count). The number of aryl methyl sites for hydroxylation is 1. The van der Waals surface area contributed by atoms with Crippen LogP contribution in [0.4, 0.5) is 0 Å². The molecule has 0 saturated carbocycles. The van der Waals surface area contributed by atoms with Crippen LogP contribution in [0.3, 0.4) is 0 Å². The van der Waals surface area contributed by atoms with E-state index in [4.69, 9.17) is 5.73 Å². The number of nitrogens with two attached hydrogens (primary N) is 1. The number of fused-ring (bicyclic) bond motifs is 1. The van der Waals surface area contributed by atoms with Crippen LogP contribution in [0, 0.1) is 0 Å². The summed E-state index contributed by atoms with van der Waals surface area (Å²) in [6.07, 6.45) is 0. The maximum absolute atomic E-state index is 12.0. The molecule has 2 aromatic rings. The minimum atomic E-state index is 0.0519. The van der Waals surface area contributed by atoms with Gasteiger partial charge in [-0.05, 0) is 18.6 Å². The highest BCUT2D eigenvalue weighted by Gasteiger charge is 2.11. The average Bonchev–Trinajstić information content (AvgIpc) is 2.51. The van der Waals surface area contributed by atoms with Crippen LogP contribution in [0.25, 0.3) is 10.9 Å². The van der Waals surface area contributed by atoms with Crippen LogP contribution in [-0.2, 0) is 20.1 Å². The highest BCUT2D eigenvalue weighted by atomic mass is 16.1. The van der Waals surface area contributed by atoms with Gasteiger partial charge in [-0.15, -0.1) is 0 Å². The summed E-state index contributed by atoms with van der Waals surface area (Å²) < 4.78 is 3.60. The largest absolute Gasteiger partial charge is 0.326 e. The van der Waals surface area contributed by atoms with Gasteiger partial charge in [0.2, 0.25) is 0 Å². The zero-order chi connectivity index (χ0) is 11.0. The van der Waals surface area contributed by atoms with Gasteiger partial charge < -0.3 is 5.73 Å². The second kappa shape index (κ2) is 3.55. The van der Waals surface area contributed by atoms with Crippen LogP contribution in [0.1, 0.15) is 12.5 Å². The predicted molar refractivity (Wildman–Crippen MR) is 60.7 cm³/mol. The van der Waals surface area contributed by atoms with Crippen molar-refractivity contribution in [1.29, 1.82) is 0 Å². The topological polar surface area (TPSA) is 52.9 Å². The van der Waals surface area contributed by atoms with Crippen LogP contribution in [0.5, 0.6) is 0 Å². The van der Waals surface area contributed by atoms with Gasteiger partial charge in [0.05, 0.1) is 10.9 Å². The Hall–Kier alpha value is -1.55. The number of hydrogen-bond donors (Lipinski definition) is 1. The van der Waals surface area contributed by atoms with Crippen LogP contribution in [-0.4, -0.2) is 9.36 Å². The van der Waals surface area contributed by atoms with E-state index in [2.05, 4.69) is 0 Å². The maximum Gasteiger partial charge on any atom is 0.274 e. The van der Waals surface area contributed by atoms with E-state index >= 15 is 0 Å². The molecule has 0 aliphatic heterocycles. The number of benzene rings is 1. The van der Waals surface area contributed by atoms with Crippen LogP contribution in [0.15, 0.2) is 23.0 Å². The number of rotatable bonds is 2. The Morgan fingerprint density at radius 1 is 1.40 bits per heavy atom. The molecule has 0 spiro atoms. The Morgan fingerprint density at radius 3 is 2.73 bits per heavy atom. The predicted octanol–water partition coefficient (Wildman–Crippen LogP) is 0.819. The highest BCUT2D eigenvalue weighted by molar-refractivity contribution is 5.82. The van der Waals surface area contributed by atoms with Gasteiger partial charge in [-0.2, -0.15) is 0 Å². The van der Waals surface area contributed by atoms with Gasteiger partial charge in [0.1, 0.15) is 0 Å². The Balaban J connectivity index is 2.95. The fourth-order valence-electron chi connectivity index (χ4n) is 2.02. The molecule has 2 N–H and O–H groups in total. The van der Waals surface area contributed by atoms with E-state index in [9.17, 15) is 4.79 Å². The van der Waals surface area contributed by atoms with Crippen molar-refractivity contribution in [2.75, 3.05) is 0 Å². The monoisotopic (exact) mass is 205 g/mol. The molecule has 0 radical (unpaired) electrons. The smallest absolute Gasteiger partial charge is 0.274 e. The van der Waals surface area contributed by atoms with Crippen molar-refractivity contribution in [3.05, 3.63) is 34.1 Å². The zero-order valence-corrected chi connectivity index (χ0v) is 9.03. The number of nitrogens with zero attached hydrogens (tertiary/aromatic N) is 2. The normalized spacial score (nSPS) is 11.1. The molecule has 80 valence electrons. The molecule has 0 unspecified atom stereocenters. The van der Waals surface area contributed by atoms with E-state index in [1.54, 1.807) is 4.68 Å². The summed E-state index contributed by atoms with van der Waals surface area (Å²) in [4.78, 5) is 12.0. The SMILES string of the molecule is CCn1c(=O)c2c(CN)cccc2n1C.